The van der Waals surface area contributed by atoms with Gasteiger partial charge in [0.25, 0.3) is 6.43 Å². The van der Waals surface area contributed by atoms with Gasteiger partial charge in [-0.2, -0.15) is 0 Å². The summed E-state index contributed by atoms with van der Waals surface area (Å²) in [5, 5.41) is 0. The first-order chi connectivity index (χ1) is 10.1. The number of nitrogens with two attached hydrogens (primary N) is 1. The molecule has 7 heteroatoms. The van der Waals surface area contributed by atoms with Crippen molar-refractivity contribution in [2.24, 2.45) is 0 Å². The molecule has 1 aromatic carbocycles. The summed E-state index contributed by atoms with van der Waals surface area (Å²) in [5.41, 5.74) is 7.37. The number of ether oxygens (including phenoxy) is 2. The zero-order valence-electron chi connectivity index (χ0n) is 11.9. The van der Waals surface area contributed by atoms with Gasteiger partial charge >= 0.3 is 0 Å². The molecule has 2 N–H and O–H groups in total. The van der Waals surface area contributed by atoms with Gasteiger partial charge in [0.2, 0.25) is 5.95 Å². The molecule has 5 nitrogen and oxygen atoms in total. The molecular formula is C14H19F2N3O2. The van der Waals surface area contributed by atoms with Gasteiger partial charge in [0.15, 0.2) is 0 Å². The van der Waals surface area contributed by atoms with Gasteiger partial charge in [-0.3, -0.25) is 0 Å². The first kappa shape index (κ1) is 15.5. The van der Waals surface area contributed by atoms with Crippen LogP contribution in [0.2, 0.25) is 0 Å². The Kier molecular flexibility index (Phi) is 5.32. The second-order valence-electron chi connectivity index (χ2n) is 4.56. The molecule has 0 atom stereocenters. The van der Waals surface area contributed by atoms with Crippen molar-refractivity contribution in [3.63, 3.8) is 0 Å². The van der Waals surface area contributed by atoms with Gasteiger partial charge in [0.1, 0.15) is 17.9 Å². The highest BCUT2D eigenvalue weighted by Crippen LogP contribution is 2.27. The Hall–Kier alpha value is -1.89. The van der Waals surface area contributed by atoms with E-state index in [1.807, 2.05) is 25.1 Å². The minimum atomic E-state index is -2.46. The quantitative estimate of drug-likeness (QED) is 0.761. The summed E-state index contributed by atoms with van der Waals surface area (Å²) in [5.74, 6) is 0.992. The lowest BCUT2D eigenvalue weighted by Crippen LogP contribution is -2.12. The molecule has 0 unspecified atom stereocenters. The Labute approximate surface area is 121 Å². The van der Waals surface area contributed by atoms with Crippen molar-refractivity contribution in [2.45, 2.75) is 26.3 Å². The van der Waals surface area contributed by atoms with E-state index in [4.69, 9.17) is 15.2 Å². The van der Waals surface area contributed by atoms with Crippen molar-refractivity contribution in [1.82, 2.24) is 9.55 Å². The molecule has 0 amide bonds. The van der Waals surface area contributed by atoms with Crippen LogP contribution in [0, 0.1) is 0 Å². The molecule has 2 aromatic rings. The molecule has 2 rings (SSSR count). The molecule has 1 aromatic heterocycles. The first-order valence-electron chi connectivity index (χ1n) is 6.87. The lowest BCUT2D eigenvalue weighted by molar-refractivity contribution is 0.0151. The summed E-state index contributed by atoms with van der Waals surface area (Å²) in [7, 11) is 0. The van der Waals surface area contributed by atoms with Gasteiger partial charge in [-0.05, 0) is 18.6 Å². The Balaban J connectivity index is 2.14. The van der Waals surface area contributed by atoms with Crippen LogP contribution in [0.15, 0.2) is 18.2 Å². The number of hydrogen-bond donors (Lipinski definition) is 1. The normalized spacial score (nSPS) is 11.4. The Morgan fingerprint density at radius 2 is 2.14 bits per heavy atom. The summed E-state index contributed by atoms with van der Waals surface area (Å²) in [6, 6.07) is 5.55. The maximum Gasteiger partial charge on any atom is 0.261 e. The average Bonchev–Trinajstić information content (AvgIpc) is 2.77. The highest BCUT2D eigenvalue weighted by atomic mass is 19.3. The maximum absolute atomic E-state index is 12.0. The Bertz CT molecular complexity index is 587. The van der Waals surface area contributed by atoms with E-state index in [2.05, 4.69) is 4.98 Å². The van der Waals surface area contributed by atoms with Crippen LogP contribution in [0.4, 0.5) is 14.7 Å². The number of anilines is 1. The second kappa shape index (κ2) is 7.21. The van der Waals surface area contributed by atoms with Crippen molar-refractivity contribution in [2.75, 3.05) is 25.6 Å². The third-order valence-corrected chi connectivity index (χ3v) is 2.94. The first-order valence-corrected chi connectivity index (χ1v) is 6.87. The standard InChI is InChI=1S/C14H19F2N3O2/c1-2-7-21-11-5-3-4-10-13(11)18-14(17)19(10)6-8-20-9-12(15)16/h3-5,12H,2,6-9H2,1H3,(H2,17,18). The summed E-state index contributed by atoms with van der Waals surface area (Å²) in [4.78, 5) is 4.29. The van der Waals surface area contributed by atoms with E-state index < -0.39 is 13.0 Å². The van der Waals surface area contributed by atoms with Crippen LogP contribution in [0.25, 0.3) is 11.0 Å². The van der Waals surface area contributed by atoms with Crippen molar-refractivity contribution in [3.8, 4) is 5.75 Å². The molecule has 0 radical (unpaired) electrons. The number of benzene rings is 1. The van der Waals surface area contributed by atoms with Crippen LogP contribution in [-0.2, 0) is 11.3 Å². The molecule has 116 valence electrons. The van der Waals surface area contributed by atoms with Crippen LogP contribution in [0.1, 0.15) is 13.3 Å². The van der Waals surface area contributed by atoms with E-state index in [1.165, 1.54) is 0 Å². The van der Waals surface area contributed by atoms with Crippen molar-refractivity contribution < 1.29 is 18.3 Å². The number of imidazole rings is 1. The fourth-order valence-corrected chi connectivity index (χ4v) is 2.03. The summed E-state index contributed by atoms with van der Waals surface area (Å²) >= 11 is 0. The van der Waals surface area contributed by atoms with Gasteiger partial charge < -0.3 is 19.8 Å². The average molecular weight is 299 g/mol. The largest absolute Gasteiger partial charge is 0.491 e. The molecule has 0 aliphatic heterocycles. The van der Waals surface area contributed by atoms with E-state index in [1.54, 1.807) is 4.57 Å². The van der Waals surface area contributed by atoms with E-state index >= 15 is 0 Å². The number of nitrogens with zero attached hydrogens (tertiary/aromatic N) is 2. The number of halogens is 2. The highest BCUT2D eigenvalue weighted by molar-refractivity contribution is 5.84. The summed E-state index contributed by atoms with van der Waals surface area (Å²) in [6.45, 7) is 2.57. The van der Waals surface area contributed by atoms with Gasteiger partial charge in [-0.15, -0.1) is 0 Å². The highest BCUT2D eigenvalue weighted by Gasteiger charge is 2.12. The number of para-hydroxylation sites is 1. The molecule has 0 fully saturated rings. The van der Waals surface area contributed by atoms with Gasteiger partial charge in [0, 0.05) is 6.54 Å². The van der Waals surface area contributed by atoms with Crippen LogP contribution >= 0.6 is 0 Å². The lowest BCUT2D eigenvalue weighted by Gasteiger charge is -2.08. The zero-order valence-corrected chi connectivity index (χ0v) is 11.9. The van der Waals surface area contributed by atoms with Crippen LogP contribution in [-0.4, -0.2) is 35.8 Å². The lowest BCUT2D eigenvalue weighted by atomic mass is 10.3. The molecule has 0 spiro atoms. The molecule has 0 bridgehead atoms. The van der Waals surface area contributed by atoms with E-state index in [0.717, 1.165) is 11.9 Å². The number of alkyl halides is 2. The van der Waals surface area contributed by atoms with Crippen LogP contribution in [0.3, 0.4) is 0 Å². The summed E-state index contributed by atoms with van der Waals surface area (Å²) < 4.78 is 36.3. The van der Waals surface area contributed by atoms with Gasteiger partial charge in [-0.25, -0.2) is 13.8 Å². The van der Waals surface area contributed by atoms with E-state index in [0.29, 0.717) is 30.4 Å². The van der Waals surface area contributed by atoms with Gasteiger partial charge in [0.05, 0.1) is 18.7 Å². The fourth-order valence-electron chi connectivity index (χ4n) is 2.03. The van der Waals surface area contributed by atoms with Gasteiger partial charge in [-0.1, -0.05) is 13.0 Å². The second-order valence-corrected chi connectivity index (χ2v) is 4.56. The Morgan fingerprint density at radius 1 is 1.33 bits per heavy atom. The van der Waals surface area contributed by atoms with Crippen LogP contribution in [0.5, 0.6) is 5.75 Å². The predicted octanol–water partition coefficient (Wildman–Crippen LogP) is 2.69. The number of hydrogen-bond acceptors (Lipinski definition) is 4. The predicted molar refractivity (Wildman–Crippen MR) is 76.8 cm³/mol. The molecule has 0 aliphatic carbocycles. The molecular weight excluding hydrogens is 280 g/mol. The molecule has 1 heterocycles. The molecule has 0 saturated carbocycles. The van der Waals surface area contributed by atoms with E-state index in [-0.39, 0.29) is 6.61 Å². The molecule has 0 saturated heterocycles. The maximum atomic E-state index is 12.0. The SMILES string of the molecule is CCCOc1cccc2c1nc(N)n2CCOCC(F)F. The van der Waals surface area contributed by atoms with Crippen molar-refractivity contribution in [1.29, 1.82) is 0 Å². The fraction of sp³-hybridized carbons (Fsp3) is 0.500. The summed E-state index contributed by atoms with van der Waals surface area (Å²) in [6.07, 6.45) is -1.57. The third kappa shape index (κ3) is 3.81. The smallest absolute Gasteiger partial charge is 0.261 e. The number of aromatic nitrogens is 2. The minimum absolute atomic E-state index is 0.153. The Morgan fingerprint density at radius 3 is 2.86 bits per heavy atom. The monoisotopic (exact) mass is 299 g/mol. The zero-order chi connectivity index (χ0) is 15.2. The van der Waals surface area contributed by atoms with Crippen molar-refractivity contribution >= 4 is 17.0 Å². The topological polar surface area (TPSA) is 62.3 Å². The minimum Gasteiger partial charge on any atom is -0.491 e. The molecule has 21 heavy (non-hydrogen) atoms. The number of nitrogen functional groups attached to an aromatic ring is 1. The van der Waals surface area contributed by atoms with E-state index in [9.17, 15) is 8.78 Å². The van der Waals surface area contributed by atoms with Crippen molar-refractivity contribution in [3.05, 3.63) is 18.2 Å². The van der Waals surface area contributed by atoms with Crippen LogP contribution < -0.4 is 10.5 Å². The molecule has 0 aliphatic rings. The third-order valence-electron chi connectivity index (χ3n) is 2.94. The number of fused-ring (bicyclic) bond motifs is 1. The number of rotatable bonds is 8.